The largest absolute Gasteiger partial charge is 0.479 e. The lowest BCUT2D eigenvalue weighted by Crippen LogP contribution is -2.37. The molecule has 0 bridgehead atoms. The minimum Gasteiger partial charge on any atom is -0.479 e. The van der Waals surface area contributed by atoms with Gasteiger partial charge in [0.25, 0.3) is 0 Å². The Labute approximate surface area is 95.1 Å². The summed E-state index contributed by atoms with van der Waals surface area (Å²) >= 11 is 0.751. The molecule has 2 N–H and O–H groups in total. The molecule has 3 nitrogen and oxygen atoms in total. The van der Waals surface area contributed by atoms with Crippen molar-refractivity contribution in [1.29, 1.82) is 0 Å². The third-order valence-electron chi connectivity index (χ3n) is 1.86. The number of aliphatic carboxylic acids is 1. The topological polar surface area (TPSA) is 57.5 Å². The van der Waals surface area contributed by atoms with Crippen LogP contribution in [0.15, 0.2) is 23.1 Å². The Balaban J connectivity index is 2.75. The van der Waals surface area contributed by atoms with Crippen LogP contribution in [0.5, 0.6) is 0 Å². The first kappa shape index (κ1) is 12.9. The monoisotopic (exact) mass is 248 g/mol. The minimum absolute atomic E-state index is 0.0264. The molecule has 0 fully saturated rings. The molecule has 0 aromatic heterocycles. The van der Waals surface area contributed by atoms with Crippen molar-refractivity contribution in [3.05, 3.63) is 29.8 Å². The average molecular weight is 248 g/mol. The number of hydrogen-bond donors (Lipinski definition) is 2. The SMILES string of the molecule is CC(O)(CSc1cc(F)ccc1F)C(=O)O. The van der Waals surface area contributed by atoms with Crippen LogP contribution >= 0.6 is 11.8 Å². The molecule has 0 aliphatic heterocycles. The zero-order valence-electron chi connectivity index (χ0n) is 8.41. The number of aliphatic hydroxyl groups is 1. The maximum absolute atomic E-state index is 13.1. The predicted octanol–water partition coefficient (Wildman–Crippen LogP) is 1.89. The van der Waals surface area contributed by atoms with Gasteiger partial charge in [-0.2, -0.15) is 0 Å². The Hall–Kier alpha value is -1.14. The van der Waals surface area contributed by atoms with Gasteiger partial charge in [0.2, 0.25) is 0 Å². The van der Waals surface area contributed by atoms with Crippen LogP contribution in [-0.2, 0) is 4.79 Å². The van der Waals surface area contributed by atoms with E-state index in [0.29, 0.717) is 0 Å². The summed E-state index contributed by atoms with van der Waals surface area (Å²) in [6.45, 7) is 1.10. The van der Waals surface area contributed by atoms with E-state index >= 15 is 0 Å². The Morgan fingerprint density at radius 2 is 2.12 bits per heavy atom. The van der Waals surface area contributed by atoms with Crippen molar-refractivity contribution >= 4 is 17.7 Å². The zero-order chi connectivity index (χ0) is 12.3. The van der Waals surface area contributed by atoms with E-state index in [1.54, 1.807) is 0 Å². The van der Waals surface area contributed by atoms with Gasteiger partial charge in [0.05, 0.1) is 0 Å². The number of hydrogen-bond acceptors (Lipinski definition) is 3. The number of thioether (sulfide) groups is 1. The van der Waals surface area contributed by atoms with E-state index in [0.717, 1.165) is 36.9 Å². The molecule has 0 saturated heterocycles. The standard InChI is InChI=1S/C10H10F2O3S/c1-10(15,9(13)14)5-16-8-4-6(11)2-3-7(8)12/h2-4,15H,5H2,1H3,(H,13,14). The first-order valence-electron chi connectivity index (χ1n) is 4.36. The van der Waals surface area contributed by atoms with Crippen molar-refractivity contribution in [2.75, 3.05) is 5.75 Å². The summed E-state index contributed by atoms with van der Waals surface area (Å²) in [6.07, 6.45) is 0. The molecule has 1 unspecified atom stereocenters. The lowest BCUT2D eigenvalue weighted by atomic mass is 10.1. The fraction of sp³-hybridized carbons (Fsp3) is 0.300. The molecule has 0 saturated carbocycles. The van der Waals surface area contributed by atoms with Crippen LogP contribution in [0.25, 0.3) is 0 Å². The minimum atomic E-state index is -1.97. The highest BCUT2D eigenvalue weighted by Crippen LogP contribution is 2.26. The van der Waals surface area contributed by atoms with Crippen molar-refractivity contribution in [1.82, 2.24) is 0 Å². The highest BCUT2D eigenvalue weighted by molar-refractivity contribution is 7.99. The molecule has 1 atom stereocenters. The fourth-order valence-corrected chi connectivity index (χ4v) is 1.83. The van der Waals surface area contributed by atoms with Gasteiger partial charge >= 0.3 is 5.97 Å². The Morgan fingerprint density at radius 3 is 2.69 bits per heavy atom. The van der Waals surface area contributed by atoms with Crippen LogP contribution in [0.1, 0.15) is 6.92 Å². The van der Waals surface area contributed by atoms with Crippen molar-refractivity contribution in [3.8, 4) is 0 Å². The number of carboxylic acid groups (broad SMARTS) is 1. The number of benzene rings is 1. The first-order valence-corrected chi connectivity index (χ1v) is 5.35. The van der Waals surface area contributed by atoms with Crippen molar-refractivity contribution in [2.45, 2.75) is 17.4 Å². The molecule has 16 heavy (non-hydrogen) atoms. The smallest absolute Gasteiger partial charge is 0.336 e. The molecule has 1 aromatic rings. The van der Waals surface area contributed by atoms with Gasteiger partial charge in [-0.25, -0.2) is 13.6 Å². The summed E-state index contributed by atoms with van der Waals surface area (Å²) in [4.78, 5) is 10.5. The zero-order valence-corrected chi connectivity index (χ0v) is 9.22. The number of carbonyl (C=O) groups is 1. The van der Waals surface area contributed by atoms with Crippen LogP contribution in [0.4, 0.5) is 8.78 Å². The van der Waals surface area contributed by atoms with Gasteiger partial charge in [0.1, 0.15) is 11.6 Å². The molecular weight excluding hydrogens is 238 g/mol. The Kier molecular flexibility index (Phi) is 3.88. The maximum atomic E-state index is 13.1. The summed E-state index contributed by atoms with van der Waals surface area (Å²) in [5, 5.41) is 18.0. The van der Waals surface area contributed by atoms with Crippen molar-refractivity contribution in [2.24, 2.45) is 0 Å². The van der Waals surface area contributed by atoms with Crippen LogP contribution in [0.3, 0.4) is 0 Å². The first-order chi connectivity index (χ1) is 7.33. The summed E-state index contributed by atoms with van der Waals surface area (Å²) < 4.78 is 25.9. The lowest BCUT2D eigenvalue weighted by Gasteiger charge is -2.17. The number of halogens is 2. The highest BCUT2D eigenvalue weighted by Gasteiger charge is 2.30. The maximum Gasteiger partial charge on any atom is 0.336 e. The average Bonchev–Trinajstić information content (AvgIpc) is 2.19. The van der Waals surface area contributed by atoms with Gasteiger partial charge in [-0.05, 0) is 25.1 Å². The second kappa shape index (κ2) is 4.80. The normalized spacial score (nSPS) is 14.5. The van der Waals surface area contributed by atoms with Crippen molar-refractivity contribution in [3.63, 3.8) is 0 Å². The molecule has 0 heterocycles. The molecule has 0 amide bonds. The molecule has 1 aromatic carbocycles. The predicted molar refractivity (Wildman–Crippen MR) is 55.3 cm³/mol. The molecule has 1 rings (SSSR count). The summed E-state index contributed by atoms with van der Waals surface area (Å²) in [7, 11) is 0. The van der Waals surface area contributed by atoms with Gasteiger partial charge in [-0.3, -0.25) is 0 Å². The molecule has 6 heteroatoms. The van der Waals surface area contributed by atoms with E-state index < -0.39 is 23.2 Å². The van der Waals surface area contributed by atoms with Gasteiger partial charge in [-0.1, -0.05) is 0 Å². The number of carboxylic acids is 1. The Bertz CT molecular complexity index is 407. The highest BCUT2D eigenvalue weighted by atomic mass is 32.2. The quantitative estimate of drug-likeness (QED) is 0.799. The molecule has 0 aliphatic rings. The van der Waals surface area contributed by atoms with Gasteiger partial charge < -0.3 is 10.2 Å². The van der Waals surface area contributed by atoms with Crippen LogP contribution in [0, 0.1) is 11.6 Å². The van der Waals surface area contributed by atoms with Crippen LogP contribution in [-0.4, -0.2) is 27.5 Å². The van der Waals surface area contributed by atoms with Crippen molar-refractivity contribution < 1.29 is 23.8 Å². The fourth-order valence-electron chi connectivity index (χ4n) is 0.868. The molecule has 0 radical (unpaired) electrons. The van der Waals surface area contributed by atoms with E-state index in [4.69, 9.17) is 5.11 Å². The van der Waals surface area contributed by atoms with Gasteiger partial charge in [-0.15, -0.1) is 11.8 Å². The molecule has 88 valence electrons. The van der Waals surface area contributed by atoms with E-state index in [2.05, 4.69) is 0 Å². The van der Waals surface area contributed by atoms with Crippen LogP contribution < -0.4 is 0 Å². The Morgan fingerprint density at radius 1 is 1.50 bits per heavy atom. The molecular formula is C10H10F2O3S. The second-order valence-corrected chi connectivity index (χ2v) is 4.46. The molecule has 0 spiro atoms. The van der Waals surface area contributed by atoms with E-state index in [-0.39, 0.29) is 10.6 Å². The lowest BCUT2D eigenvalue weighted by molar-refractivity contribution is -0.154. The van der Waals surface area contributed by atoms with Gasteiger partial charge in [0.15, 0.2) is 5.60 Å². The summed E-state index contributed by atoms with van der Waals surface area (Å²) in [5.41, 5.74) is -1.97. The van der Waals surface area contributed by atoms with E-state index in [9.17, 15) is 18.7 Å². The van der Waals surface area contributed by atoms with E-state index in [1.165, 1.54) is 0 Å². The van der Waals surface area contributed by atoms with E-state index in [1.807, 2.05) is 0 Å². The third-order valence-corrected chi connectivity index (χ3v) is 3.19. The number of rotatable bonds is 4. The third kappa shape index (κ3) is 3.18. The summed E-state index contributed by atoms with van der Waals surface area (Å²) in [6, 6.07) is 2.87. The van der Waals surface area contributed by atoms with Gasteiger partial charge in [0, 0.05) is 10.6 Å². The summed E-state index contributed by atoms with van der Waals surface area (Å²) in [5.74, 6) is -2.92. The second-order valence-electron chi connectivity index (χ2n) is 3.44. The molecule has 0 aliphatic carbocycles. The van der Waals surface area contributed by atoms with Crippen LogP contribution in [0.2, 0.25) is 0 Å².